The van der Waals surface area contributed by atoms with Crippen molar-refractivity contribution in [3.05, 3.63) is 0 Å². The number of hydrogen-bond donors (Lipinski definition) is 2. The van der Waals surface area contributed by atoms with Crippen LogP contribution in [0.5, 0.6) is 0 Å². The second-order valence-electron chi connectivity index (χ2n) is 8.65. The van der Waals surface area contributed by atoms with E-state index in [1.54, 1.807) is 0 Å². The minimum atomic E-state index is -0.692. The van der Waals surface area contributed by atoms with E-state index in [0.717, 1.165) is 70.8 Å². The molecular weight excluding hydrogens is 398 g/mol. The van der Waals surface area contributed by atoms with Crippen molar-refractivity contribution >= 4 is 11.9 Å². The van der Waals surface area contributed by atoms with Gasteiger partial charge in [-0.3, -0.25) is 9.59 Å². The molecule has 2 N–H and O–H groups in total. The molecule has 182 valence electrons. The number of carbonyl (C=O) groups is 2. The van der Waals surface area contributed by atoms with Gasteiger partial charge in [-0.1, -0.05) is 89.4 Å². The topological polar surface area (TPSA) is 66.4 Å². The van der Waals surface area contributed by atoms with Gasteiger partial charge in [0, 0.05) is 32.2 Å². The number of nitrogens with one attached hydrogen (secondary N) is 1. The monoisotopic (exact) mass is 445 g/mol. The molecule has 0 aromatic rings. The van der Waals surface area contributed by atoms with Crippen molar-refractivity contribution in [1.82, 2.24) is 5.32 Å². The molecule has 0 fully saturated rings. The summed E-state index contributed by atoms with van der Waals surface area (Å²) in [5.74, 6) is 11.7. The van der Waals surface area contributed by atoms with Crippen molar-refractivity contribution in [3.8, 4) is 23.7 Å². The number of carboxylic acid groups (broad SMARTS) is 1. The van der Waals surface area contributed by atoms with Gasteiger partial charge < -0.3 is 10.4 Å². The standard InChI is InChI=1S/C28H47NO3/c1-2-3-4-23-26-29-27(30)24-21-19-17-15-13-11-9-7-5-6-8-10-12-14-16-18-20-22-25-28(31)32/h2-4,9-26H2,1H3,(H,29,30)(H,31,32). The summed E-state index contributed by atoms with van der Waals surface area (Å²) in [7, 11) is 0. The fourth-order valence-corrected chi connectivity index (χ4v) is 3.48. The van der Waals surface area contributed by atoms with Gasteiger partial charge >= 0.3 is 5.97 Å². The van der Waals surface area contributed by atoms with E-state index in [4.69, 9.17) is 5.11 Å². The second kappa shape index (κ2) is 25.3. The first-order valence-corrected chi connectivity index (χ1v) is 13.1. The van der Waals surface area contributed by atoms with Crippen LogP contribution in [0.25, 0.3) is 0 Å². The van der Waals surface area contributed by atoms with E-state index in [0.29, 0.717) is 12.8 Å². The Bertz CT molecular complexity index is 577. The summed E-state index contributed by atoms with van der Waals surface area (Å²) in [6.45, 7) is 3.03. The van der Waals surface area contributed by atoms with Crippen LogP contribution < -0.4 is 5.32 Å². The van der Waals surface area contributed by atoms with Gasteiger partial charge in [-0.05, 0) is 43.9 Å². The summed E-state index contributed by atoms with van der Waals surface area (Å²) in [6.07, 6.45) is 20.9. The maximum absolute atomic E-state index is 11.7. The lowest BCUT2D eigenvalue weighted by atomic mass is 10.1. The quantitative estimate of drug-likeness (QED) is 0.147. The van der Waals surface area contributed by atoms with Gasteiger partial charge in [-0.2, -0.15) is 0 Å². The average molecular weight is 446 g/mol. The van der Waals surface area contributed by atoms with Crippen LogP contribution in [-0.4, -0.2) is 23.5 Å². The molecule has 0 unspecified atom stereocenters. The highest BCUT2D eigenvalue weighted by Crippen LogP contribution is 2.09. The highest BCUT2D eigenvalue weighted by molar-refractivity contribution is 5.75. The Morgan fingerprint density at radius 1 is 0.625 bits per heavy atom. The summed E-state index contributed by atoms with van der Waals surface area (Å²) in [6, 6.07) is 0. The minimum absolute atomic E-state index is 0.214. The molecule has 0 saturated heterocycles. The van der Waals surface area contributed by atoms with E-state index in [-0.39, 0.29) is 5.91 Å². The van der Waals surface area contributed by atoms with Crippen molar-refractivity contribution in [2.45, 2.75) is 135 Å². The summed E-state index contributed by atoms with van der Waals surface area (Å²) >= 11 is 0. The van der Waals surface area contributed by atoms with Crippen molar-refractivity contribution in [3.63, 3.8) is 0 Å². The summed E-state index contributed by atoms with van der Waals surface area (Å²) < 4.78 is 0. The average Bonchev–Trinajstić information content (AvgIpc) is 2.77. The van der Waals surface area contributed by atoms with Gasteiger partial charge in [0.2, 0.25) is 5.91 Å². The highest BCUT2D eigenvalue weighted by atomic mass is 16.4. The zero-order chi connectivity index (χ0) is 23.5. The van der Waals surface area contributed by atoms with Crippen molar-refractivity contribution < 1.29 is 14.7 Å². The molecule has 0 aliphatic rings. The lowest BCUT2D eigenvalue weighted by Gasteiger charge is -2.05. The third-order valence-corrected chi connectivity index (χ3v) is 5.49. The molecule has 0 aliphatic carbocycles. The number of carbonyl (C=O) groups excluding carboxylic acids is 1. The van der Waals surface area contributed by atoms with Crippen molar-refractivity contribution in [1.29, 1.82) is 0 Å². The van der Waals surface area contributed by atoms with Crippen LogP contribution in [0.4, 0.5) is 0 Å². The number of aliphatic carboxylic acids is 1. The lowest BCUT2D eigenvalue weighted by Crippen LogP contribution is -2.23. The number of hydrogen-bond acceptors (Lipinski definition) is 2. The molecule has 4 heteroatoms. The fourth-order valence-electron chi connectivity index (χ4n) is 3.48. The lowest BCUT2D eigenvalue weighted by molar-refractivity contribution is -0.137. The Morgan fingerprint density at radius 3 is 1.62 bits per heavy atom. The zero-order valence-electron chi connectivity index (χ0n) is 20.6. The molecule has 32 heavy (non-hydrogen) atoms. The van der Waals surface area contributed by atoms with Crippen LogP contribution in [0.2, 0.25) is 0 Å². The minimum Gasteiger partial charge on any atom is -0.481 e. The van der Waals surface area contributed by atoms with Crippen LogP contribution in [0.3, 0.4) is 0 Å². The molecule has 0 atom stereocenters. The van der Waals surface area contributed by atoms with Gasteiger partial charge in [0.05, 0.1) is 0 Å². The maximum Gasteiger partial charge on any atom is 0.303 e. The predicted molar refractivity (Wildman–Crippen MR) is 134 cm³/mol. The Morgan fingerprint density at radius 2 is 1.09 bits per heavy atom. The van der Waals surface area contributed by atoms with Crippen LogP contribution in [0.15, 0.2) is 0 Å². The van der Waals surface area contributed by atoms with Crippen LogP contribution in [-0.2, 0) is 9.59 Å². The molecule has 0 aromatic heterocycles. The largest absolute Gasteiger partial charge is 0.481 e. The normalized spacial score (nSPS) is 10.0. The predicted octanol–water partition coefficient (Wildman–Crippen LogP) is 7.02. The van der Waals surface area contributed by atoms with Crippen LogP contribution in [0, 0.1) is 23.7 Å². The Kier molecular flexibility index (Phi) is 23.8. The van der Waals surface area contributed by atoms with E-state index in [1.165, 1.54) is 51.4 Å². The van der Waals surface area contributed by atoms with Crippen LogP contribution in [0.1, 0.15) is 135 Å². The van der Waals surface area contributed by atoms with E-state index < -0.39 is 5.97 Å². The number of carboxylic acids is 1. The fraction of sp³-hybridized carbons (Fsp3) is 0.786. The number of amides is 1. The Labute approximate surface area is 197 Å². The molecule has 0 radical (unpaired) electrons. The first kappa shape index (κ1) is 30.1. The van der Waals surface area contributed by atoms with E-state index in [1.807, 2.05) is 0 Å². The van der Waals surface area contributed by atoms with Gasteiger partial charge in [-0.25, -0.2) is 0 Å². The molecule has 0 saturated carbocycles. The van der Waals surface area contributed by atoms with Crippen LogP contribution >= 0.6 is 0 Å². The molecule has 1 amide bonds. The van der Waals surface area contributed by atoms with Gasteiger partial charge in [0.25, 0.3) is 0 Å². The third-order valence-electron chi connectivity index (χ3n) is 5.49. The SMILES string of the molecule is CCCCCCNC(=O)CCCCCCCCC#CC#CCCCCCCCCC(=O)O. The molecule has 0 spiro atoms. The summed E-state index contributed by atoms with van der Waals surface area (Å²) in [5.41, 5.74) is 0. The Hall–Kier alpha value is -1.94. The Balaban J connectivity index is 3.33. The molecule has 0 bridgehead atoms. The molecule has 0 heterocycles. The number of rotatable bonds is 21. The highest BCUT2D eigenvalue weighted by Gasteiger charge is 2.00. The first-order valence-electron chi connectivity index (χ1n) is 13.1. The summed E-state index contributed by atoms with van der Waals surface area (Å²) in [5, 5.41) is 11.6. The molecular formula is C28H47NO3. The van der Waals surface area contributed by atoms with Gasteiger partial charge in [0.1, 0.15) is 0 Å². The van der Waals surface area contributed by atoms with Gasteiger partial charge in [0.15, 0.2) is 0 Å². The number of unbranched alkanes of at least 4 members (excludes halogenated alkanes) is 15. The maximum atomic E-state index is 11.7. The second-order valence-corrected chi connectivity index (χ2v) is 8.65. The van der Waals surface area contributed by atoms with Crippen molar-refractivity contribution in [2.24, 2.45) is 0 Å². The molecule has 0 aliphatic heterocycles. The van der Waals surface area contributed by atoms with E-state index >= 15 is 0 Å². The smallest absolute Gasteiger partial charge is 0.303 e. The molecule has 4 nitrogen and oxygen atoms in total. The van der Waals surface area contributed by atoms with E-state index in [2.05, 4.69) is 35.9 Å². The summed E-state index contributed by atoms with van der Waals surface area (Å²) in [4.78, 5) is 22.1. The third kappa shape index (κ3) is 26.1. The first-order chi connectivity index (χ1) is 15.7. The van der Waals surface area contributed by atoms with E-state index in [9.17, 15) is 9.59 Å². The van der Waals surface area contributed by atoms with Crippen molar-refractivity contribution in [2.75, 3.05) is 6.54 Å². The van der Waals surface area contributed by atoms with Gasteiger partial charge in [-0.15, -0.1) is 0 Å². The zero-order valence-corrected chi connectivity index (χ0v) is 20.6. The molecule has 0 aromatic carbocycles. The molecule has 0 rings (SSSR count).